The summed E-state index contributed by atoms with van der Waals surface area (Å²) in [6.45, 7) is 0.824. The summed E-state index contributed by atoms with van der Waals surface area (Å²) in [5.74, 6) is -0.298. The van der Waals surface area contributed by atoms with E-state index < -0.39 is 0 Å². The number of nitrogens with zero attached hydrogens (tertiary/aromatic N) is 4. The molecular formula is C30H27N4O4+. The average molecular weight is 508 g/mol. The number of aliphatic hydroxyl groups is 3. The topological polar surface area (TPSA) is 110 Å². The Bertz CT molecular complexity index is 1510. The van der Waals surface area contributed by atoms with Crippen molar-refractivity contribution in [2.75, 3.05) is 31.2 Å². The van der Waals surface area contributed by atoms with Crippen molar-refractivity contribution in [2.45, 2.75) is 0 Å². The number of carbonyl (C=O) groups excluding carboxylic acids is 1. The van der Waals surface area contributed by atoms with Crippen LogP contribution >= 0.6 is 0 Å². The van der Waals surface area contributed by atoms with Gasteiger partial charge < -0.3 is 20.2 Å². The zero-order valence-electron chi connectivity index (χ0n) is 20.6. The quantitative estimate of drug-likeness (QED) is 0.220. The Morgan fingerprint density at radius 3 is 2.05 bits per heavy atom. The number of rotatable bonds is 9. The van der Waals surface area contributed by atoms with Gasteiger partial charge in [-0.25, -0.2) is 0 Å². The van der Waals surface area contributed by atoms with Crippen molar-refractivity contribution in [1.29, 1.82) is 0 Å². The van der Waals surface area contributed by atoms with Gasteiger partial charge in [0.25, 0.3) is 5.78 Å². The Hall–Kier alpha value is -4.66. The zero-order valence-corrected chi connectivity index (χ0v) is 20.6. The molecular weight excluding hydrogens is 480 g/mol. The van der Waals surface area contributed by atoms with Crippen molar-refractivity contribution in [3.8, 4) is 11.1 Å². The van der Waals surface area contributed by atoms with E-state index in [2.05, 4.69) is 10.2 Å². The van der Waals surface area contributed by atoms with Gasteiger partial charge >= 0.3 is 5.70 Å². The summed E-state index contributed by atoms with van der Waals surface area (Å²) in [5, 5.41) is 38.3. The first-order valence-electron chi connectivity index (χ1n) is 12.3. The third-order valence-electron chi connectivity index (χ3n) is 6.37. The highest BCUT2D eigenvalue weighted by molar-refractivity contribution is 6.32. The molecule has 0 radical (unpaired) electrons. The maximum Gasteiger partial charge on any atom is 0.301 e. The molecule has 0 saturated carbocycles. The molecule has 1 heterocycles. The van der Waals surface area contributed by atoms with Gasteiger partial charge in [-0.15, -0.1) is 5.11 Å². The molecule has 38 heavy (non-hydrogen) atoms. The molecule has 0 amide bonds. The molecule has 0 atom stereocenters. The van der Waals surface area contributed by atoms with Crippen LogP contribution in [0.15, 0.2) is 108 Å². The van der Waals surface area contributed by atoms with Crippen molar-refractivity contribution in [2.24, 2.45) is 10.2 Å². The van der Waals surface area contributed by atoms with Gasteiger partial charge in [0.1, 0.15) is 5.69 Å². The van der Waals surface area contributed by atoms with Crippen LogP contribution in [0.1, 0.15) is 15.9 Å². The summed E-state index contributed by atoms with van der Waals surface area (Å²) in [6, 6.07) is 25.8. The van der Waals surface area contributed by atoms with E-state index in [1.54, 1.807) is 47.3 Å². The first-order chi connectivity index (χ1) is 18.6. The number of benzene rings is 3. The third-order valence-corrected chi connectivity index (χ3v) is 6.37. The molecule has 0 saturated heterocycles. The van der Waals surface area contributed by atoms with Gasteiger partial charge in [-0.3, -0.25) is 4.79 Å². The van der Waals surface area contributed by atoms with E-state index in [1.807, 2.05) is 59.5 Å². The first-order valence-corrected chi connectivity index (χ1v) is 12.3. The summed E-state index contributed by atoms with van der Waals surface area (Å²) in [4.78, 5) is 15.0. The van der Waals surface area contributed by atoms with Gasteiger partial charge in [-0.1, -0.05) is 54.6 Å². The molecule has 3 aromatic carbocycles. The van der Waals surface area contributed by atoms with Crippen molar-refractivity contribution < 1.29 is 24.7 Å². The third kappa shape index (κ3) is 4.95. The minimum Gasteiger partial charge on any atom is -0.502 e. The van der Waals surface area contributed by atoms with E-state index >= 15 is 0 Å². The lowest BCUT2D eigenvalue weighted by Gasteiger charge is -2.22. The molecule has 1 aliphatic rings. The molecule has 0 fully saturated rings. The minimum atomic E-state index is -0.243. The Morgan fingerprint density at radius 1 is 0.737 bits per heavy atom. The van der Waals surface area contributed by atoms with E-state index in [4.69, 9.17) is 0 Å². The van der Waals surface area contributed by atoms with Crippen LogP contribution in [0.5, 0.6) is 0 Å². The van der Waals surface area contributed by atoms with Gasteiger partial charge in [0, 0.05) is 36.0 Å². The lowest BCUT2D eigenvalue weighted by atomic mass is 10.1. The molecule has 1 aliphatic carbocycles. The second-order valence-electron chi connectivity index (χ2n) is 8.74. The number of azo groups is 1. The standard InChI is InChI=1S/C30H26N4O4/c35-18-16-33(17-19-36)23-12-10-22(11-13-23)31-32-27-14-15-34(20-26(27)21-6-2-1-3-7-21)28-29(37)24-8-4-5-9-25(24)30(28)38/h1-15,20,35-36H,16-19H2/p+1. The maximum atomic E-state index is 13.1. The normalized spacial score (nSPS) is 12.8. The monoisotopic (exact) mass is 507 g/mol. The van der Waals surface area contributed by atoms with Crippen LogP contribution in [-0.2, 0) is 0 Å². The first kappa shape index (κ1) is 25.0. The number of aromatic nitrogens is 1. The van der Waals surface area contributed by atoms with Crippen molar-refractivity contribution >= 4 is 34.3 Å². The molecule has 0 aliphatic heterocycles. The molecule has 8 nitrogen and oxygen atoms in total. The second-order valence-corrected chi connectivity index (χ2v) is 8.74. The molecule has 0 unspecified atom stereocenters. The lowest BCUT2D eigenvalue weighted by Crippen LogP contribution is -2.35. The summed E-state index contributed by atoms with van der Waals surface area (Å²) in [7, 11) is 0. The number of aliphatic hydroxyl groups excluding tert-OH is 3. The van der Waals surface area contributed by atoms with Crippen LogP contribution in [0.3, 0.4) is 0 Å². The summed E-state index contributed by atoms with van der Waals surface area (Å²) in [6.07, 6.45) is 3.48. The van der Waals surface area contributed by atoms with Gasteiger partial charge in [-0.2, -0.15) is 9.68 Å². The molecule has 0 bridgehead atoms. The number of ketones is 1. The Balaban J connectivity index is 1.49. The number of carbonyl (C=O) groups is 1. The predicted octanol–water partition coefficient (Wildman–Crippen LogP) is 4.93. The predicted molar refractivity (Wildman–Crippen MR) is 146 cm³/mol. The van der Waals surface area contributed by atoms with E-state index in [-0.39, 0.29) is 30.5 Å². The van der Waals surface area contributed by atoms with Crippen LogP contribution in [0.2, 0.25) is 0 Å². The Labute approximate surface area is 220 Å². The van der Waals surface area contributed by atoms with E-state index in [0.717, 1.165) is 16.8 Å². The number of fused-ring (bicyclic) bond motifs is 1. The number of hydrogen-bond donors (Lipinski definition) is 3. The minimum absolute atomic E-state index is 0.00983. The number of pyridine rings is 1. The largest absolute Gasteiger partial charge is 0.502 e. The zero-order chi connectivity index (χ0) is 26.5. The Morgan fingerprint density at radius 2 is 1.39 bits per heavy atom. The Kier molecular flexibility index (Phi) is 7.35. The fourth-order valence-corrected chi connectivity index (χ4v) is 4.50. The number of allylic oxidation sites excluding steroid dienone is 1. The summed E-state index contributed by atoms with van der Waals surface area (Å²) >= 11 is 0. The van der Waals surface area contributed by atoms with E-state index in [9.17, 15) is 20.1 Å². The number of anilines is 1. The molecule has 8 heteroatoms. The van der Waals surface area contributed by atoms with Gasteiger partial charge in [0.15, 0.2) is 12.4 Å². The summed E-state index contributed by atoms with van der Waals surface area (Å²) < 4.78 is 1.63. The van der Waals surface area contributed by atoms with E-state index in [0.29, 0.717) is 35.6 Å². The van der Waals surface area contributed by atoms with Gasteiger partial charge in [-0.05, 0) is 29.8 Å². The number of Topliss-reactive ketones (excluding diaryl/α,β-unsaturated/α-hetero) is 1. The SMILES string of the molecule is O=C1C([n+]2ccc(N=Nc3ccc(N(CCO)CCO)cc3)c(-c3ccccc3)c2)=C(O)c2ccccc21. The highest BCUT2D eigenvalue weighted by Crippen LogP contribution is 2.34. The van der Waals surface area contributed by atoms with Gasteiger partial charge in [0.05, 0.1) is 24.5 Å². The van der Waals surface area contributed by atoms with Crippen LogP contribution in [0, 0.1) is 0 Å². The summed E-state index contributed by atoms with van der Waals surface area (Å²) in [5.41, 5.74) is 4.92. The molecule has 190 valence electrons. The number of hydrogen-bond acceptors (Lipinski definition) is 7. The fraction of sp³-hybridized carbons (Fsp3) is 0.133. The van der Waals surface area contributed by atoms with Crippen LogP contribution in [0.25, 0.3) is 22.6 Å². The van der Waals surface area contributed by atoms with Crippen LogP contribution in [0.4, 0.5) is 17.1 Å². The average Bonchev–Trinajstić information content (AvgIpc) is 3.22. The van der Waals surface area contributed by atoms with Crippen LogP contribution < -0.4 is 9.47 Å². The molecule has 4 aromatic rings. The smallest absolute Gasteiger partial charge is 0.301 e. The van der Waals surface area contributed by atoms with Crippen molar-refractivity contribution in [3.05, 3.63) is 108 Å². The maximum absolute atomic E-state index is 13.1. The van der Waals surface area contributed by atoms with Crippen LogP contribution in [-0.4, -0.2) is 47.4 Å². The lowest BCUT2D eigenvalue weighted by molar-refractivity contribution is -0.575. The molecule has 5 rings (SSSR count). The van der Waals surface area contributed by atoms with Gasteiger partial charge in [0.2, 0.25) is 5.76 Å². The molecule has 0 spiro atoms. The highest BCUT2D eigenvalue weighted by atomic mass is 16.3. The highest BCUT2D eigenvalue weighted by Gasteiger charge is 2.37. The fourth-order valence-electron chi connectivity index (χ4n) is 4.50. The van der Waals surface area contributed by atoms with Crippen molar-refractivity contribution in [3.63, 3.8) is 0 Å². The second kappa shape index (κ2) is 11.2. The molecule has 3 N–H and O–H groups in total. The van der Waals surface area contributed by atoms with E-state index in [1.165, 1.54) is 0 Å². The van der Waals surface area contributed by atoms with Crippen molar-refractivity contribution in [1.82, 2.24) is 0 Å². The molecule has 1 aromatic heterocycles.